The third-order valence-electron chi connectivity index (χ3n) is 6.80. The van der Waals surface area contributed by atoms with Crippen LogP contribution in [0.15, 0.2) is 36.7 Å². The molecule has 1 saturated heterocycles. The van der Waals surface area contributed by atoms with Gasteiger partial charge < -0.3 is 19.5 Å². The Labute approximate surface area is 190 Å². The number of hydrogen-bond donors (Lipinski definition) is 1. The summed E-state index contributed by atoms with van der Waals surface area (Å²) in [7, 11) is 0. The van der Waals surface area contributed by atoms with E-state index in [0.29, 0.717) is 37.6 Å². The van der Waals surface area contributed by atoms with E-state index in [4.69, 9.17) is 4.74 Å². The number of carbonyl (C=O) groups is 2. The minimum Gasteiger partial charge on any atom is -0.493 e. The number of aromatic nitrogens is 2. The van der Waals surface area contributed by atoms with Gasteiger partial charge in [-0.15, -0.1) is 0 Å². The van der Waals surface area contributed by atoms with Gasteiger partial charge in [-0.05, 0) is 37.8 Å². The van der Waals surface area contributed by atoms with Crippen LogP contribution in [0, 0.1) is 5.41 Å². The Morgan fingerprint density at radius 3 is 2.91 bits per heavy atom. The molecule has 4 rings (SSSR count). The van der Waals surface area contributed by atoms with Gasteiger partial charge in [-0.2, -0.15) is 0 Å². The molecule has 1 aromatic carbocycles. The van der Waals surface area contributed by atoms with E-state index in [1.165, 1.54) is 0 Å². The Balaban J connectivity index is 1.48. The number of carbonyl (C=O) groups excluding carboxylic acids is 2. The molecule has 1 atom stereocenters. The predicted molar refractivity (Wildman–Crippen MR) is 123 cm³/mol. The molecule has 0 radical (unpaired) electrons. The number of amides is 2. The molecule has 0 bridgehead atoms. The van der Waals surface area contributed by atoms with Crippen LogP contribution in [-0.4, -0.2) is 52.5 Å². The Morgan fingerprint density at radius 2 is 2.03 bits per heavy atom. The molecule has 2 aliphatic rings. The van der Waals surface area contributed by atoms with Crippen LogP contribution in [0.3, 0.4) is 0 Å². The van der Waals surface area contributed by atoms with Crippen molar-refractivity contribution in [2.75, 3.05) is 26.2 Å². The first-order valence-electron chi connectivity index (χ1n) is 11.9. The molecule has 1 fully saturated rings. The fraction of sp³-hybridized carbons (Fsp3) is 0.560. The van der Waals surface area contributed by atoms with E-state index in [-0.39, 0.29) is 17.2 Å². The van der Waals surface area contributed by atoms with Gasteiger partial charge in [0.2, 0.25) is 5.91 Å². The first-order chi connectivity index (χ1) is 15.6. The van der Waals surface area contributed by atoms with Gasteiger partial charge in [0, 0.05) is 43.9 Å². The quantitative estimate of drug-likeness (QED) is 0.797. The van der Waals surface area contributed by atoms with Gasteiger partial charge in [0.05, 0.1) is 12.2 Å². The lowest BCUT2D eigenvalue weighted by Crippen LogP contribution is -2.51. The lowest BCUT2D eigenvalue weighted by molar-refractivity contribution is -0.135. The van der Waals surface area contributed by atoms with E-state index >= 15 is 0 Å². The van der Waals surface area contributed by atoms with Crippen molar-refractivity contribution in [3.63, 3.8) is 0 Å². The zero-order valence-electron chi connectivity index (χ0n) is 19.0. The highest BCUT2D eigenvalue weighted by Gasteiger charge is 2.37. The molecular formula is C25H34N4O3. The molecule has 2 aliphatic heterocycles. The number of para-hydroxylation sites is 1. The standard InChI is InChI=1S/C25H34N4O3/c1-2-22-26-13-15-28(22)17-23(30)29-14-8-12-25(19-29)11-6-3-7-16-32-21-10-5-4-9-20(21)24(31)27-18-25/h4-5,9-10,13,15H,2-3,6-8,11-12,14,16-19H2,1H3,(H,27,31). The topological polar surface area (TPSA) is 76.5 Å². The van der Waals surface area contributed by atoms with Gasteiger partial charge in [0.25, 0.3) is 5.91 Å². The van der Waals surface area contributed by atoms with Crippen LogP contribution in [0.5, 0.6) is 5.75 Å². The van der Waals surface area contributed by atoms with Crippen molar-refractivity contribution in [2.45, 2.75) is 58.4 Å². The Morgan fingerprint density at radius 1 is 1.19 bits per heavy atom. The summed E-state index contributed by atoms with van der Waals surface area (Å²) in [6.07, 6.45) is 10.6. The second-order valence-corrected chi connectivity index (χ2v) is 9.08. The van der Waals surface area contributed by atoms with Crippen LogP contribution in [0.25, 0.3) is 0 Å². The van der Waals surface area contributed by atoms with Gasteiger partial charge in [0.15, 0.2) is 0 Å². The third-order valence-corrected chi connectivity index (χ3v) is 6.80. The average molecular weight is 439 g/mol. The molecule has 1 N–H and O–H groups in total. The smallest absolute Gasteiger partial charge is 0.255 e. The maximum absolute atomic E-state index is 13.1. The number of fused-ring (bicyclic) bond motifs is 1. The second-order valence-electron chi connectivity index (χ2n) is 9.08. The highest BCUT2D eigenvalue weighted by molar-refractivity contribution is 5.96. The molecule has 2 aromatic rings. The summed E-state index contributed by atoms with van der Waals surface area (Å²) in [6.45, 7) is 5.05. The van der Waals surface area contributed by atoms with Crippen molar-refractivity contribution in [3.8, 4) is 5.75 Å². The van der Waals surface area contributed by atoms with Crippen LogP contribution in [0.4, 0.5) is 0 Å². The van der Waals surface area contributed by atoms with E-state index in [1.54, 1.807) is 6.20 Å². The fourth-order valence-corrected chi connectivity index (χ4v) is 5.01. The minimum absolute atomic E-state index is 0.0822. The molecule has 172 valence electrons. The van der Waals surface area contributed by atoms with Crippen molar-refractivity contribution in [3.05, 3.63) is 48.0 Å². The number of likely N-dealkylation sites (tertiary alicyclic amines) is 1. The lowest BCUT2D eigenvalue weighted by Gasteiger charge is -2.43. The zero-order chi connectivity index (χ0) is 22.4. The number of nitrogens with one attached hydrogen (secondary N) is 1. The highest BCUT2D eigenvalue weighted by atomic mass is 16.5. The molecule has 2 amide bonds. The van der Waals surface area contributed by atoms with E-state index in [9.17, 15) is 9.59 Å². The maximum Gasteiger partial charge on any atom is 0.255 e. The number of nitrogens with zero attached hydrogens (tertiary/aromatic N) is 3. The maximum atomic E-state index is 13.1. The summed E-state index contributed by atoms with van der Waals surface area (Å²) in [5, 5.41) is 3.17. The summed E-state index contributed by atoms with van der Waals surface area (Å²) in [6, 6.07) is 7.44. The van der Waals surface area contributed by atoms with E-state index in [2.05, 4.69) is 17.2 Å². The van der Waals surface area contributed by atoms with Crippen molar-refractivity contribution < 1.29 is 14.3 Å². The normalized spacial score (nSPS) is 22.3. The van der Waals surface area contributed by atoms with Gasteiger partial charge in [-0.25, -0.2) is 4.98 Å². The number of aryl methyl sites for hydroxylation is 1. The fourth-order valence-electron chi connectivity index (χ4n) is 5.01. The summed E-state index contributed by atoms with van der Waals surface area (Å²) >= 11 is 0. The van der Waals surface area contributed by atoms with Gasteiger partial charge in [0.1, 0.15) is 18.1 Å². The summed E-state index contributed by atoms with van der Waals surface area (Å²) in [4.78, 5) is 32.4. The SMILES string of the molecule is CCc1nccn1CC(=O)N1CCCC2(CCCCCOc3ccccc3C(=O)NC2)C1. The minimum atomic E-state index is -0.102. The van der Waals surface area contributed by atoms with Gasteiger partial charge >= 0.3 is 0 Å². The summed E-state index contributed by atoms with van der Waals surface area (Å²) < 4.78 is 7.81. The summed E-state index contributed by atoms with van der Waals surface area (Å²) in [5.41, 5.74) is 0.500. The number of hydrogen-bond acceptors (Lipinski definition) is 4. The number of ether oxygens (including phenoxy) is 1. The molecular weight excluding hydrogens is 404 g/mol. The molecule has 0 aliphatic carbocycles. The molecule has 1 spiro atoms. The first kappa shape index (κ1) is 22.4. The highest BCUT2D eigenvalue weighted by Crippen LogP contribution is 2.35. The number of piperidine rings is 1. The van der Waals surface area contributed by atoms with Crippen molar-refractivity contribution in [2.24, 2.45) is 5.41 Å². The molecule has 7 nitrogen and oxygen atoms in total. The van der Waals surface area contributed by atoms with Crippen LogP contribution < -0.4 is 10.1 Å². The Hall–Kier alpha value is -2.83. The number of rotatable bonds is 3. The van der Waals surface area contributed by atoms with Crippen molar-refractivity contribution in [1.82, 2.24) is 19.8 Å². The van der Waals surface area contributed by atoms with Gasteiger partial charge in [-0.1, -0.05) is 31.9 Å². The molecule has 7 heteroatoms. The lowest BCUT2D eigenvalue weighted by atomic mass is 9.75. The van der Waals surface area contributed by atoms with E-state index < -0.39 is 0 Å². The van der Waals surface area contributed by atoms with E-state index in [0.717, 1.165) is 57.3 Å². The van der Waals surface area contributed by atoms with Crippen molar-refractivity contribution in [1.29, 1.82) is 0 Å². The Bertz CT molecular complexity index is 941. The Kier molecular flexibility index (Phi) is 7.12. The van der Waals surface area contributed by atoms with E-state index in [1.807, 2.05) is 39.9 Å². The first-order valence-corrected chi connectivity index (χ1v) is 11.9. The molecule has 1 unspecified atom stereocenters. The number of imidazole rings is 1. The largest absolute Gasteiger partial charge is 0.493 e. The second kappa shape index (κ2) is 10.2. The number of benzene rings is 1. The monoisotopic (exact) mass is 438 g/mol. The van der Waals surface area contributed by atoms with Crippen LogP contribution in [-0.2, 0) is 17.8 Å². The average Bonchev–Trinajstić information content (AvgIpc) is 3.26. The zero-order valence-corrected chi connectivity index (χ0v) is 19.0. The third kappa shape index (κ3) is 5.14. The molecule has 3 heterocycles. The summed E-state index contributed by atoms with van der Waals surface area (Å²) in [5.74, 6) is 1.61. The molecule has 32 heavy (non-hydrogen) atoms. The van der Waals surface area contributed by atoms with Crippen LogP contribution in [0.1, 0.15) is 61.6 Å². The van der Waals surface area contributed by atoms with Crippen LogP contribution >= 0.6 is 0 Å². The van der Waals surface area contributed by atoms with Crippen LogP contribution in [0.2, 0.25) is 0 Å². The van der Waals surface area contributed by atoms with Gasteiger partial charge in [-0.3, -0.25) is 9.59 Å². The molecule has 0 saturated carbocycles. The molecule has 1 aromatic heterocycles. The van der Waals surface area contributed by atoms with Crippen molar-refractivity contribution >= 4 is 11.8 Å². The predicted octanol–water partition coefficient (Wildman–Crippen LogP) is 3.44.